The third-order valence-electron chi connectivity index (χ3n) is 5.80. The van der Waals surface area contributed by atoms with Crippen molar-refractivity contribution in [2.45, 2.75) is 65.5 Å². The van der Waals surface area contributed by atoms with Gasteiger partial charge in [-0.05, 0) is 56.9 Å². The van der Waals surface area contributed by atoms with Crippen molar-refractivity contribution in [1.82, 2.24) is 20.4 Å². The van der Waals surface area contributed by atoms with Crippen molar-refractivity contribution in [3.8, 4) is 0 Å². The molecule has 3 N–H and O–H groups in total. The average Bonchev–Trinajstić information content (AvgIpc) is 3.11. The van der Waals surface area contributed by atoms with Gasteiger partial charge in [-0.3, -0.25) is 14.5 Å². The molecular weight excluding hydrogens is 515 g/mol. The first-order valence-corrected chi connectivity index (χ1v) is 11.4. The monoisotopic (exact) mass is 552 g/mol. The van der Waals surface area contributed by atoms with Gasteiger partial charge in [-0.25, -0.2) is 0 Å². The van der Waals surface area contributed by atoms with Crippen molar-refractivity contribution in [1.29, 1.82) is 0 Å². The highest BCUT2D eigenvalue weighted by Crippen LogP contribution is 2.25. The highest BCUT2D eigenvalue weighted by atomic mass is 127. The van der Waals surface area contributed by atoms with Crippen molar-refractivity contribution in [3.63, 3.8) is 0 Å². The lowest BCUT2D eigenvalue weighted by molar-refractivity contribution is -0.120. The van der Waals surface area contributed by atoms with Gasteiger partial charge in [-0.2, -0.15) is 5.10 Å². The summed E-state index contributed by atoms with van der Waals surface area (Å²) in [6.07, 6.45) is 6.56. The van der Waals surface area contributed by atoms with Gasteiger partial charge in [0.25, 0.3) is 0 Å². The number of halogens is 1. The van der Waals surface area contributed by atoms with Crippen molar-refractivity contribution < 1.29 is 4.79 Å². The fourth-order valence-electron chi connectivity index (χ4n) is 4.11. The minimum Gasteiger partial charge on any atom is -0.356 e. The van der Waals surface area contributed by atoms with E-state index >= 15 is 0 Å². The normalized spacial score (nSPS) is 14.5. The summed E-state index contributed by atoms with van der Waals surface area (Å²) >= 11 is 0. The highest BCUT2D eigenvalue weighted by Gasteiger charge is 2.21. The number of carbonyl (C=O) groups excluding carboxylic acids is 1. The Morgan fingerprint density at radius 3 is 2.62 bits per heavy atom. The Labute approximate surface area is 208 Å². The van der Waals surface area contributed by atoms with Gasteiger partial charge in [0.2, 0.25) is 5.91 Å². The number of amides is 1. The number of rotatable bonds is 8. The minimum atomic E-state index is 0. The van der Waals surface area contributed by atoms with Crippen molar-refractivity contribution in [3.05, 3.63) is 47.3 Å². The van der Waals surface area contributed by atoms with Crippen LogP contribution in [0.4, 0.5) is 5.69 Å². The zero-order valence-electron chi connectivity index (χ0n) is 19.5. The number of carbonyl (C=O) groups is 1. The molecule has 0 saturated heterocycles. The fraction of sp³-hybridized carbons (Fsp3) is 0.542. The standard InChI is InChI=1S/C24H36N6O.HI/c1-18-15-19(2)30(29-18)14-8-13-26-24(25-3)27-17-20-9-7-12-22(16-20)28-23(31)21-10-5-4-6-11-21;/h7,9,12,15-16,21H,4-6,8,10-11,13-14,17H2,1-3H3,(H,28,31)(H2,25,26,27);1H. The van der Waals surface area contributed by atoms with E-state index in [1.807, 2.05) is 29.8 Å². The lowest BCUT2D eigenvalue weighted by Gasteiger charge is -2.21. The zero-order chi connectivity index (χ0) is 22.1. The third kappa shape index (κ3) is 8.11. The van der Waals surface area contributed by atoms with Crippen LogP contribution in [0.1, 0.15) is 55.5 Å². The minimum absolute atomic E-state index is 0. The molecule has 0 atom stereocenters. The second-order valence-corrected chi connectivity index (χ2v) is 8.38. The summed E-state index contributed by atoms with van der Waals surface area (Å²) in [7, 11) is 1.77. The van der Waals surface area contributed by atoms with Gasteiger partial charge < -0.3 is 16.0 Å². The third-order valence-corrected chi connectivity index (χ3v) is 5.80. The zero-order valence-corrected chi connectivity index (χ0v) is 21.8. The maximum Gasteiger partial charge on any atom is 0.227 e. The van der Waals surface area contributed by atoms with Crippen LogP contribution in [0.25, 0.3) is 0 Å². The summed E-state index contributed by atoms with van der Waals surface area (Å²) in [5, 5.41) is 14.3. The Hall–Kier alpha value is -2.10. The predicted molar refractivity (Wildman–Crippen MR) is 142 cm³/mol. The molecule has 8 heteroatoms. The van der Waals surface area contributed by atoms with E-state index in [-0.39, 0.29) is 35.8 Å². The van der Waals surface area contributed by atoms with Crippen molar-refractivity contribution >= 4 is 41.5 Å². The quantitative estimate of drug-likeness (QED) is 0.196. The van der Waals surface area contributed by atoms with Crippen molar-refractivity contribution in [2.75, 3.05) is 18.9 Å². The van der Waals surface area contributed by atoms with Gasteiger partial charge in [-0.1, -0.05) is 31.4 Å². The van der Waals surface area contributed by atoms with E-state index in [9.17, 15) is 4.79 Å². The van der Waals surface area contributed by atoms with Crippen LogP contribution in [-0.2, 0) is 17.9 Å². The molecule has 1 amide bonds. The van der Waals surface area contributed by atoms with Crippen LogP contribution < -0.4 is 16.0 Å². The van der Waals surface area contributed by atoms with E-state index in [0.29, 0.717) is 6.54 Å². The summed E-state index contributed by atoms with van der Waals surface area (Å²) in [5.74, 6) is 1.09. The number of guanidine groups is 1. The molecule has 1 aliphatic carbocycles. The number of nitrogens with one attached hydrogen (secondary N) is 3. The molecule has 1 aromatic carbocycles. The SMILES string of the molecule is CN=C(NCCCn1nc(C)cc1C)NCc1cccc(NC(=O)C2CCCCC2)c1.I. The first kappa shape index (κ1) is 26.2. The Balaban J connectivity index is 0.00000363. The number of nitrogens with zero attached hydrogens (tertiary/aromatic N) is 3. The fourth-order valence-corrected chi connectivity index (χ4v) is 4.11. The Bertz CT molecular complexity index is 888. The number of aromatic nitrogens is 2. The number of aryl methyl sites for hydroxylation is 3. The molecule has 7 nitrogen and oxygen atoms in total. The molecule has 176 valence electrons. The first-order chi connectivity index (χ1) is 15.0. The molecule has 1 fully saturated rings. The van der Waals surface area contributed by atoms with Gasteiger partial charge in [0.15, 0.2) is 5.96 Å². The molecule has 0 spiro atoms. The molecule has 3 rings (SSSR count). The molecule has 1 aliphatic rings. The summed E-state index contributed by atoms with van der Waals surface area (Å²) in [4.78, 5) is 16.8. The van der Waals surface area contributed by atoms with Crippen molar-refractivity contribution in [2.24, 2.45) is 10.9 Å². The summed E-state index contributed by atoms with van der Waals surface area (Å²) in [6, 6.07) is 10.1. The first-order valence-electron chi connectivity index (χ1n) is 11.4. The van der Waals surface area contributed by atoms with Gasteiger partial charge in [0.1, 0.15) is 0 Å². The van der Waals surface area contributed by atoms with Gasteiger partial charge in [0.05, 0.1) is 5.69 Å². The Kier molecular flexibility index (Phi) is 11.0. The summed E-state index contributed by atoms with van der Waals surface area (Å²) in [6.45, 7) is 6.44. The van der Waals surface area contributed by atoms with Crippen LogP contribution in [-0.4, -0.2) is 35.2 Å². The summed E-state index contributed by atoms with van der Waals surface area (Å²) in [5.41, 5.74) is 4.21. The topological polar surface area (TPSA) is 83.3 Å². The lowest BCUT2D eigenvalue weighted by atomic mass is 9.88. The molecule has 0 radical (unpaired) electrons. The summed E-state index contributed by atoms with van der Waals surface area (Å²) < 4.78 is 2.04. The molecule has 1 saturated carbocycles. The molecule has 32 heavy (non-hydrogen) atoms. The average molecular weight is 553 g/mol. The second kappa shape index (κ2) is 13.4. The van der Waals surface area contributed by atoms with Crippen LogP contribution in [0.15, 0.2) is 35.3 Å². The van der Waals surface area contributed by atoms with E-state index in [2.05, 4.69) is 45.1 Å². The molecule has 0 unspecified atom stereocenters. The second-order valence-electron chi connectivity index (χ2n) is 8.38. The van der Waals surface area contributed by atoms with Gasteiger partial charge in [-0.15, -0.1) is 24.0 Å². The number of hydrogen-bond acceptors (Lipinski definition) is 3. The molecular formula is C24H37IN6O. The number of anilines is 1. The van der Waals surface area contributed by atoms with Crippen LogP contribution in [0.5, 0.6) is 0 Å². The largest absolute Gasteiger partial charge is 0.356 e. The lowest BCUT2D eigenvalue weighted by Crippen LogP contribution is -2.37. The van der Waals surface area contributed by atoms with E-state index in [1.165, 1.54) is 12.1 Å². The van der Waals surface area contributed by atoms with E-state index in [4.69, 9.17) is 0 Å². The smallest absolute Gasteiger partial charge is 0.227 e. The number of hydrogen-bond donors (Lipinski definition) is 3. The van der Waals surface area contributed by atoms with Gasteiger partial charge in [0, 0.05) is 44.0 Å². The van der Waals surface area contributed by atoms with Crippen LogP contribution in [0, 0.1) is 19.8 Å². The number of benzene rings is 1. The molecule has 2 aromatic rings. The molecule has 0 aliphatic heterocycles. The highest BCUT2D eigenvalue weighted by molar-refractivity contribution is 14.0. The predicted octanol–water partition coefficient (Wildman–Crippen LogP) is 4.39. The Morgan fingerprint density at radius 2 is 1.94 bits per heavy atom. The molecule has 0 bridgehead atoms. The van der Waals surface area contributed by atoms with Gasteiger partial charge >= 0.3 is 0 Å². The maximum absolute atomic E-state index is 12.5. The van der Waals surface area contributed by atoms with Crippen LogP contribution in [0.2, 0.25) is 0 Å². The van der Waals surface area contributed by atoms with E-state index in [0.717, 1.165) is 68.1 Å². The molecule has 1 heterocycles. The van der Waals surface area contributed by atoms with E-state index in [1.54, 1.807) is 7.05 Å². The van der Waals surface area contributed by atoms with Crippen LogP contribution in [0.3, 0.4) is 0 Å². The Morgan fingerprint density at radius 1 is 1.16 bits per heavy atom. The molecule has 1 aromatic heterocycles. The maximum atomic E-state index is 12.5. The van der Waals surface area contributed by atoms with E-state index < -0.39 is 0 Å². The van der Waals surface area contributed by atoms with Crippen LogP contribution >= 0.6 is 24.0 Å². The number of aliphatic imine (C=N–C) groups is 1.